The first-order valence-corrected chi connectivity index (χ1v) is 6.60. The van der Waals surface area contributed by atoms with Gasteiger partial charge in [0.2, 0.25) is 5.75 Å². The first-order valence-electron chi connectivity index (χ1n) is 5.43. The lowest BCUT2D eigenvalue weighted by Crippen LogP contribution is -1.96. The SMILES string of the molecule is N#Cc1cc(Cl)ccc1Oc1cc(F)c(Br)cc1[N+](=O)[O-]. The van der Waals surface area contributed by atoms with Crippen LogP contribution in [0.3, 0.4) is 0 Å². The van der Waals surface area contributed by atoms with E-state index in [-0.39, 0.29) is 21.5 Å². The Bertz CT molecular complexity index is 777. The molecule has 0 aliphatic heterocycles. The second kappa shape index (κ2) is 6.08. The van der Waals surface area contributed by atoms with E-state index in [9.17, 15) is 14.5 Å². The van der Waals surface area contributed by atoms with Crippen LogP contribution in [-0.2, 0) is 0 Å². The molecule has 21 heavy (non-hydrogen) atoms. The third kappa shape index (κ3) is 3.29. The van der Waals surface area contributed by atoms with Gasteiger partial charge < -0.3 is 4.74 Å². The minimum absolute atomic E-state index is 0.0479. The van der Waals surface area contributed by atoms with Gasteiger partial charge >= 0.3 is 5.69 Å². The van der Waals surface area contributed by atoms with Crippen LogP contribution in [0.4, 0.5) is 10.1 Å². The highest BCUT2D eigenvalue weighted by Gasteiger charge is 2.20. The Balaban J connectivity index is 2.52. The van der Waals surface area contributed by atoms with Gasteiger partial charge in [-0.15, -0.1) is 0 Å². The van der Waals surface area contributed by atoms with E-state index in [4.69, 9.17) is 21.6 Å². The van der Waals surface area contributed by atoms with Crippen molar-refractivity contribution in [2.45, 2.75) is 0 Å². The van der Waals surface area contributed by atoms with Crippen molar-refractivity contribution < 1.29 is 14.1 Å². The van der Waals surface area contributed by atoms with Crippen LogP contribution in [0.5, 0.6) is 11.5 Å². The van der Waals surface area contributed by atoms with Crippen molar-refractivity contribution in [1.82, 2.24) is 0 Å². The van der Waals surface area contributed by atoms with E-state index < -0.39 is 16.4 Å². The normalized spacial score (nSPS) is 10.0. The molecule has 0 N–H and O–H groups in total. The largest absolute Gasteiger partial charge is 0.449 e. The van der Waals surface area contributed by atoms with Crippen LogP contribution in [-0.4, -0.2) is 4.92 Å². The molecular formula is C13H5BrClFN2O3. The highest BCUT2D eigenvalue weighted by molar-refractivity contribution is 9.10. The molecule has 0 radical (unpaired) electrons. The van der Waals surface area contributed by atoms with Crippen molar-refractivity contribution in [3.8, 4) is 17.6 Å². The van der Waals surface area contributed by atoms with Gasteiger partial charge in [-0.3, -0.25) is 10.1 Å². The zero-order valence-corrected chi connectivity index (χ0v) is 12.5. The third-order valence-corrected chi connectivity index (χ3v) is 3.32. The summed E-state index contributed by atoms with van der Waals surface area (Å²) < 4.78 is 18.8. The molecule has 5 nitrogen and oxygen atoms in total. The molecule has 0 spiro atoms. The zero-order chi connectivity index (χ0) is 15.6. The highest BCUT2D eigenvalue weighted by atomic mass is 79.9. The van der Waals surface area contributed by atoms with Crippen molar-refractivity contribution in [3.05, 3.63) is 61.3 Å². The molecule has 0 aliphatic rings. The Labute approximate surface area is 131 Å². The van der Waals surface area contributed by atoms with Crippen LogP contribution in [0.25, 0.3) is 0 Å². The van der Waals surface area contributed by atoms with E-state index in [1.165, 1.54) is 18.2 Å². The number of benzene rings is 2. The minimum Gasteiger partial charge on any atom is -0.449 e. The molecule has 106 valence electrons. The average molecular weight is 372 g/mol. The third-order valence-electron chi connectivity index (χ3n) is 2.48. The lowest BCUT2D eigenvalue weighted by atomic mass is 10.2. The Kier molecular flexibility index (Phi) is 4.40. The maximum Gasteiger partial charge on any atom is 0.312 e. The summed E-state index contributed by atoms with van der Waals surface area (Å²) in [5.41, 5.74) is -0.345. The molecule has 2 aromatic rings. The van der Waals surface area contributed by atoms with Crippen molar-refractivity contribution >= 4 is 33.2 Å². The van der Waals surface area contributed by atoms with Gasteiger partial charge in [-0.1, -0.05) is 11.6 Å². The number of rotatable bonds is 3. The van der Waals surface area contributed by atoms with E-state index in [1.54, 1.807) is 0 Å². The van der Waals surface area contributed by atoms with Crippen molar-refractivity contribution in [1.29, 1.82) is 5.26 Å². The van der Waals surface area contributed by atoms with Crippen molar-refractivity contribution in [2.75, 3.05) is 0 Å². The number of nitrogens with zero attached hydrogens (tertiary/aromatic N) is 2. The monoisotopic (exact) mass is 370 g/mol. The Morgan fingerprint density at radius 3 is 2.67 bits per heavy atom. The van der Waals surface area contributed by atoms with E-state index in [0.29, 0.717) is 5.02 Å². The highest BCUT2D eigenvalue weighted by Crippen LogP contribution is 2.36. The summed E-state index contributed by atoms with van der Waals surface area (Å²) in [6, 6.07) is 7.90. The molecular weight excluding hydrogens is 367 g/mol. The maximum absolute atomic E-state index is 13.5. The van der Waals surface area contributed by atoms with Crippen LogP contribution < -0.4 is 4.74 Å². The summed E-state index contributed by atoms with van der Waals surface area (Å²) >= 11 is 8.61. The molecule has 0 unspecified atom stereocenters. The number of nitro groups is 1. The van der Waals surface area contributed by atoms with E-state index >= 15 is 0 Å². The molecule has 0 heterocycles. The smallest absolute Gasteiger partial charge is 0.312 e. The van der Waals surface area contributed by atoms with Gasteiger partial charge in [0, 0.05) is 17.2 Å². The fourth-order valence-electron chi connectivity index (χ4n) is 1.54. The van der Waals surface area contributed by atoms with Crippen molar-refractivity contribution in [2.24, 2.45) is 0 Å². The maximum atomic E-state index is 13.5. The Morgan fingerprint density at radius 1 is 1.33 bits per heavy atom. The predicted molar refractivity (Wildman–Crippen MR) is 77.0 cm³/mol. The van der Waals surface area contributed by atoms with Gasteiger partial charge in [-0.05, 0) is 34.1 Å². The van der Waals surface area contributed by atoms with Gasteiger partial charge in [0.25, 0.3) is 0 Å². The van der Waals surface area contributed by atoms with Crippen LogP contribution in [0.1, 0.15) is 5.56 Å². The molecule has 0 aliphatic carbocycles. The zero-order valence-electron chi connectivity index (χ0n) is 10.1. The first-order chi connectivity index (χ1) is 9.92. The minimum atomic E-state index is -0.719. The predicted octanol–water partition coefficient (Wildman–Crippen LogP) is 4.81. The van der Waals surface area contributed by atoms with Gasteiger partial charge in [0.1, 0.15) is 17.6 Å². The average Bonchev–Trinajstić information content (AvgIpc) is 2.44. The number of ether oxygens (including phenoxy) is 1. The van der Waals surface area contributed by atoms with Gasteiger partial charge in [-0.25, -0.2) is 4.39 Å². The quantitative estimate of drug-likeness (QED) is 0.573. The number of nitriles is 1. The summed E-state index contributed by atoms with van der Waals surface area (Å²) in [4.78, 5) is 10.3. The summed E-state index contributed by atoms with van der Waals surface area (Å²) in [5.74, 6) is -0.977. The number of hydrogen-bond donors (Lipinski definition) is 0. The van der Waals surface area contributed by atoms with Crippen LogP contribution in [0.15, 0.2) is 34.8 Å². The molecule has 0 saturated carbocycles. The van der Waals surface area contributed by atoms with E-state index in [0.717, 1.165) is 12.1 Å². The number of halogens is 3. The Hall–Kier alpha value is -2.17. The first kappa shape index (κ1) is 15.2. The lowest BCUT2D eigenvalue weighted by Gasteiger charge is -2.09. The molecule has 0 amide bonds. The summed E-state index contributed by atoms with van der Waals surface area (Å²) in [6.07, 6.45) is 0. The van der Waals surface area contributed by atoms with Crippen molar-refractivity contribution in [3.63, 3.8) is 0 Å². The van der Waals surface area contributed by atoms with Crippen LogP contribution >= 0.6 is 27.5 Å². The van der Waals surface area contributed by atoms with E-state index in [2.05, 4.69) is 15.9 Å². The van der Waals surface area contributed by atoms with Crippen LogP contribution in [0, 0.1) is 27.3 Å². The molecule has 0 bridgehead atoms. The molecule has 0 fully saturated rings. The Morgan fingerprint density at radius 2 is 2.05 bits per heavy atom. The molecule has 2 aromatic carbocycles. The second-order valence-corrected chi connectivity index (χ2v) is 5.14. The lowest BCUT2D eigenvalue weighted by molar-refractivity contribution is -0.385. The summed E-state index contributed by atoms with van der Waals surface area (Å²) in [6.45, 7) is 0. The fourth-order valence-corrected chi connectivity index (χ4v) is 2.04. The number of nitro benzene ring substituents is 1. The summed E-state index contributed by atoms with van der Waals surface area (Å²) in [5, 5.41) is 20.3. The standard InChI is InChI=1S/C13H5BrClFN2O3/c14-9-4-11(18(19)20)13(5-10(9)16)21-12-2-1-8(15)3-7(12)6-17/h1-5H. The van der Waals surface area contributed by atoms with Gasteiger partial charge in [-0.2, -0.15) is 5.26 Å². The topological polar surface area (TPSA) is 76.2 Å². The number of hydrogen-bond acceptors (Lipinski definition) is 4. The fraction of sp³-hybridized carbons (Fsp3) is 0. The summed E-state index contributed by atoms with van der Waals surface area (Å²) in [7, 11) is 0. The van der Waals surface area contributed by atoms with Gasteiger partial charge in [0.15, 0.2) is 0 Å². The molecule has 0 atom stereocenters. The molecule has 8 heteroatoms. The molecule has 2 rings (SSSR count). The molecule has 0 aromatic heterocycles. The van der Waals surface area contributed by atoms with E-state index in [1.807, 2.05) is 6.07 Å². The van der Waals surface area contributed by atoms with Crippen LogP contribution in [0.2, 0.25) is 5.02 Å². The molecule has 0 saturated heterocycles. The second-order valence-electron chi connectivity index (χ2n) is 3.85. The van der Waals surface area contributed by atoms with Gasteiger partial charge in [0.05, 0.1) is 15.0 Å².